The molecule has 0 aliphatic carbocycles. The number of rotatable bonds is 4. The van der Waals surface area contributed by atoms with Crippen molar-refractivity contribution in [2.45, 2.75) is 0 Å². The van der Waals surface area contributed by atoms with Gasteiger partial charge in [0.1, 0.15) is 0 Å². The SMILES string of the molecule is O=C(COc1ccc(Br)cc1F)Nc1ccccc1Cl. The van der Waals surface area contributed by atoms with E-state index in [9.17, 15) is 9.18 Å². The molecule has 1 amide bonds. The molecule has 2 aromatic carbocycles. The Labute approximate surface area is 128 Å². The Morgan fingerprint density at radius 1 is 1.30 bits per heavy atom. The van der Waals surface area contributed by atoms with Gasteiger partial charge in [-0.2, -0.15) is 0 Å². The quantitative estimate of drug-likeness (QED) is 0.887. The fourth-order valence-corrected chi connectivity index (χ4v) is 2.00. The molecule has 2 rings (SSSR count). The molecule has 0 aliphatic rings. The van der Waals surface area contributed by atoms with Crippen molar-refractivity contribution in [3.63, 3.8) is 0 Å². The summed E-state index contributed by atoms with van der Waals surface area (Å²) in [6.45, 7) is -0.302. The van der Waals surface area contributed by atoms with Gasteiger partial charge in [0, 0.05) is 4.47 Å². The molecule has 3 nitrogen and oxygen atoms in total. The second-order valence-electron chi connectivity index (χ2n) is 3.89. The molecule has 0 bridgehead atoms. The van der Waals surface area contributed by atoms with Gasteiger partial charge in [-0.05, 0) is 30.3 Å². The van der Waals surface area contributed by atoms with E-state index in [1.807, 2.05) is 0 Å². The van der Waals surface area contributed by atoms with E-state index in [0.717, 1.165) is 0 Å². The molecule has 0 heterocycles. The maximum absolute atomic E-state index is 13.5. The summed E-state index contributed by atoms with van der Waals surface area (Å²) in [6, 6.07) is 11.2. The zero-order chi connectivity index (χ0) is 14.5. The van der Waals surface area contributed by atoms with Gasteiger partial charge < -0.3 is 10.1 Å². The van der Waals surface area contributed by atoms with Crippen LogP contribution in [-0.4, -0.2) is 12.5 Å². The second-order valence-corrected chi connectivity index (χ2v) is 5.21. The van der Waals surface area contributed by atoms with Crippen molar-refractivity contribution < 1.29 is 13.9 Å². The minimum absolute atomic E-state index is 0.0162. The highest BCUT2D eigenvalue weighted by atomic mass is 79.9. The topological polar surface area (TPSA) is 38.3 Å². The molecule has 0 saturated heterocycles. The zero-order valence-electron chi connectivity index (χ0n) is 10.2. The average molecular weight is 359 g/mol. The van der Waals surface area contributed by atoms with E-state index in [0.29, 0.717) is 15.2 Å². The fraction of sp³-hybridized carbons (Fsp3) is 0.0714. The molecule has 0 saturated carbocycles. The number of hydrogen-bond donors (Lipinski definition) is 1. The van der Waals surface area contributed by atoms with Crippen LogP contribution in [0.4, 0.5) is 10.1 Å². The Morgan fingerprint density at radius 3 is 2.75 bits per heavy atom. The van der Waals surface area contributed by atoms with Crippen molar-refractivity contribution in [3.8, 4) is 5.75 Å². The first-order valence-electron chi connectivity index (χ1n) is 5.68. The second kappa shape index (κ2) is 6.72. The number of benzene rings is 2. The number of hydrogen-bond acceptors (Lipinski definition) is 2. The summed E-state index contributed by atoms with van der Waals surface area (Å²) in [5.74, 6) is -0.937. The van der Waals surface area contributed by atoms with Gasteiger partial charge in [0.2, 0.25) is 0 Å². The van der Waals surface area contributed by atoms with Crippen molar-refractivity contribution in [3.05, 3.63) is 57.8 Å². The molecule has 1 N–H and O–H groups in total. The number of carbonyl (C=O) groups excluding carboxylic acids is 1. The van der Waals surface area contributed by atoms with Crippen LogP contribution in [0.3, 0.4) is 0 Å². The molecule has 0 aliphatic heterocycles. The first-order chi connectivity index (χ1) is 9.56. The normalized spacial score (nSPS) is 10.2. The Kier molecular flexibility index (Phi) is 4.98. The van der Waals surface area contributed by atoms with Crippen LogP contribution in [0.1, 0.15) is 0 Å². The lowest BCUT2D eigenvalue weighted by Gasteiger charge is -2.09. The predicted octanol–water partition coefficient (Wildman–Crippen LogP) is 4.26. The molecular weight excluding hydrogens is 349 g/mol. The van der Waals surface area contributed by atoms with Crippen molar-refractivity contribution in [2.75, 3.05) is 11.9 Å². The maximum atomic E-state index is 13.5. The van der Waals surface area contributed by atoms with Gasteiger partial charge >= 0.3 is 0 Å². The summed E-state index contributed by atoms with van der Waals surface area (Å²) in [4.78, 5) is 11.7. The van der Waals surface area contributed by atoms with E-state index in [1.165, 1.54) is 12.1 Å². The molecule has 6 heteroatoms. The van der Waals surface area contributed by atoms with Gasteiger partial charge in [-0.25, -0.2) is 4.39 Å². The van der Waals surface area contributed by atoms with Crippen molar-refractivity contribution >= 4 is 39.1 Å². The van der Waals surface area contributed by atoms with Crippen LogP contribution in [0.15, 0.2) is 46.9 Å². The number of halogens is 3. The van der Waals surface area contributed by atoms with E-state index in [1.54, 1.807) is 30.3 Å². The van der Waals surface area contributed by atoms with Crippen molar-refractivity contribution in [1.82, 2.24) is 0 Å². The summed E-state index contributed by atoms with van der Waals surface area (Å²) >= 11 is 9.05. The number of anilines is 1. The average Bonchev–Trinajstić information content (AvgIpc) is 2.40. The molecule has 0 radical (unpaired) electrons. The third kappa shape index (κ3) is 3.95. The van der Waals surface area contributed by atoms with Crippen LogP contribution >= 0.6 is 27.5 Å². The van der Waals surface area contributed by atoms with Gasteiger partial charge in [-0.1, -0.05) is 39.7 Å². The summed E-state index contributed by atoms with van der Waals surface area (Å²) < 4.78 is 19.2. The number of ether oxygens (including phenoxy) is 1. The first kappa shape index (κ1) is 14.8. The molecule has 0 aromatic heterocycles. The Morgan fingerprint density at radius 2 is 2.05 bits per heavy atom. The van der Waals surface area contributed by atoms with Gasteiger partial charge in [0.15, 0.2) is 18.2 Å². The van der Waals surface area contributed by atoms with Gasteiger partial charge in [0.25, 0.3) is 5.91 Å². The van der Waals surface area contributed by atoms with E-state index >= 15 is 0 Å². The van der Waals surface area contributed by atoms with Crippen LogP contribution in [0.2, 0.25) is 5.02 Å². The molecular formula is C14H10BrClFNO2. The Balaban J connectivity index is 1.94. The van der Waals surface area contributed by atoms with E-state index in [-0.39, 0.29) is 12.4 Å². The van der Waals surface area contributed by atoms with Crippen LogP contribution in [0, 0.1) is 5.82 Å². The molecule has 0 atom stereocenters. The van der Waals surface area contributed by atoms with Gasteiger partial charge in [-0.3, -0.25) is 4.79 Å². The van der Waals surface area contributed by atoms with Crippen molar-refractivity contribution in [2.24, 2.45) is 0 Å². The van der Waals surface area contributed by atoms with E-state index in [4.69, 9.17) is 16.3 Å². The Hall–Kier alpha value is -1.59. The highest BCUT2D eigenvalue weighted by molar-refractivity contribution is 9.10. The highest BCUT2D eigenvalue weighted by Gasteiger charge is 2.09. The third-order valence-corrected chi connectivity index (χ3v) is 3.22. The molecule has 20 heavy (non-hydrogen) atoms. The lowest BCUT2D eigenvalue weighted by atomic mass is 10.3. The van der Waals surface area contributed by atoms with Crippen LogP contribution in [0.5, 0.6) is 5.75 Å². The summed E-state index contributed by atoms with van der Waals surface area (Å²) in [5, 5.41) is 3.01. The summed E-state index contributed by atoms with van der Waals surface area (Å²) in [7, 11) is 0. The fourth-order valence-electron chi connectivity index (χ4n) is 1.48. The summed E-state index contributed by atoms with van der Waals surface area (Å²) in [5.41, 5.74) is 0.485. The molecule has 104 valence electrons. The number of carbonyl (C=O) groups is 1. The highest BCUT2D eigenvalue weighted by Crippen LogP contribution is 2.22. The number of para-hydroxylation sites is 1. The van der Waals surface area contributed by atoms with Gasteiger partial charge in [0.05, 0.1) is 10.7 Å². The monoisotopic (exact) mass is 357 g/mol. The van der Waals surface area contributed by atoms with Crippen LogP contribution < -0.4 is 10.1 Å². The standard InChI is InChI=1S/C14H10BrClFNO2/c15-9-5-6-13(11(17)7-9)20-8-14(19)18-12-4-2-1-3-10(12)16/h1-7H,8H2,(H,18,19). The maximum Gasteiger partial charge on any atom is 0.262 e. The van der Waals surface area contributed by atoms with E-state index < -0.39 is 11.7 Å². The zero-order valence-corrected chi connectivity index (χ0v) is 12.5. The third-order valence-electron chi connectivity index (χ3n) is 2.40. The number of nitrogens with one attached hydrogen (secondary N) is 1. The molecule has 0 spiro atoms. The van der Waals surface area contributed by atoms with E-state index in [2.05, 4.69) is 21.2 Å². The summed E-state index contributed by atoms with van der Waals surface area (Å²) in [6.07, 6.45) is 0. The Bertz CT molecular complexity index is 636. The smallest absolute Gasteiger partial charge is 0.262 e. The minimum Gasteiger partial charge on any atom is -0.481 e. The van der Waals surface area contributed by atoms with Crippen molar-refractivity contribution in [1.29, 1.82) is 0 Å². The largest absolute Gasteiger partial charge is 0.481 e. The predicted molar refractivity (Wildman–Crippen MR) is 79.7 cm³/mol. The molecule has 0 fully saturated rings. The minimum atomic E-state index is -0.537. The number of amides is 1. The molecule has 2 aromatic rings. The van der Waals surface area contributed by atoms with Crippen LogP contribution in [0.25, 0.3) is 0 Å². The van der Waals surface area contributed by atoms with Crippen LogP contribution in [-0.2, 0) is 4.79 Å². The first-order valence-corrected chi connectivity index (χ1v) is 6.85. The van der Waals surface area contributed by atoms with Gasteiger partial charge in [-0.15, -0.1) is 0 Å². The molecule has 0 unspecified atom stereocenters. The lowest BCUT2D eigenvalue weighted by Crippen LogP contribution is -2.20. The lowest BCUT2D eigenvalue weighted by molar-refractivity contribution is -0.118.